The van der Waals surface area contributed by atoms with Crippen LogP contribution in [0.2, 0.25) is 0 Å². The second kappa shape index (κ2) is 7.75. The summed E-state index contributed by atoms with van der Waals surface area (Å²) in [6.07, 6.45) is 0. The molecule has 1 aromatic carbocycles. The summed E-state index contributed by atoms with van der Waals surface area (Å²) in [6, 6.07) is 12.7. The van der Waals surface area contributed by atoms with Crippen molar-refractivity contribution in [1.29, 1.82) is 0 Å². The van der Waals surface area contributed by atoms with Crippen LogP contribution in [0.15, 0.2) is 40.2 Å². The van der Waals surface area contributed by atoms with Gasteiger partial charge in [0.05, 0.1) is 3.79 Å². The van der Waals surface area contributed by atoms with E-state index in [1.165, 1.54) is 14.2 Å². The average molecular weight is 410 g/mol. The third-order valence-electron chi connectivity index (χ3n) is 3.97. The van der Waals surface area contributed by atoms with E-state index in [9.17, 15) is 0 Å². The second-order valence-corrected chi connectivity index (χ2v) is 8.70. The van der Waals surface area contributed by atoms with Crippen molar-refractivity contribution in [3.05, 3.63) is 50.6 Å². The number of rotatable bonds is 3. The van der Waals surface area contributed by atoms with E-state index in [1.54, 1.807) is 0 Å². The van der Waals surface area contributed by atoms with Crippen LogP contribution in [0.1, 0.15) is 10.4 Å². The first kappa shape index (κ1) is 16.9. The highest BCUT2D eigenvalue weighted by Gasteiger charge is 2.19. The number of thiophene rings is 1. The molecule has 122 valence electrons. The van der Waals surface area contributed by atoms with Crippen molar-refractivity contribution in [1.82, 2.24) is 9.80 Å². The van der Waals surface area contributed by atoms with Crippen LogP contribution >= 0.6 is 39.5 Å². The summed E-state index contributed by atoms with van der Waals surface area (Å²) in [5.74, 6) is 0. The van der Waals surface area contributed by atoms with E-state index in [1.807, 2.05) is 11.3 Å². The van der Waals surface area contributed by atoms with Gasteiger partial charge in [-0.25, -0.2) is 0 Å². The number of hydrogen-bond acceptors (Lipinski definition) is 3. The van der Waals surface area contributed by atoms with Gasteiger partial charge in [0, 0.05) is 43.3 Å². The Hall–Kier alpha value is -0.950. The Morgan fingerprint density at radius 1 is 1.13 bits per heavy atom. The Morgan fingerprint density at radius 3 is 2.43 bits per heavy atom. The fraction of sp³-hybridized carbons (Fsp3) is 0.353. The number of anilines is 1. The zero-order valence-corrected chi connectivity index (χ0v) is 16.3. The zero-order chi connectivity index (χ0) is 16.2. The molecule has 6 heteroatoms. The van der Waals surface area contributed by atoms with Gasteiger partial charge in [-0.1, -0.05) is 17.7 Å². The van der Waals surface area contributed by atoms with E-state index in [0.29, 0.717) is 0 Å². The highest BCUT2D eigenvalue weighted by atomic mass is 79.9. The molecule has 1 aromatic heterocycles. The molecule has 1 N–H and O–H groups in total. The number of hydrogen-bond donors (Lipinski definition) is 1. The molecule has 0 unspecified atom stereocenters. The maximum atomic E-state index is 5.55. The molecule has 1 aliphatic rings. The second-order valence-electron chi connectivity index (χ2n) is 5.77. The van der Waals surface area contributed by atoms with Gasteiger partial charge in [-0.2, -0.15) is 0 Å². The molecule has 23 heavy (non-hydrogen) atoms. The molecular formula is C17H20BrN3S2. The fourth-order valence-corrected chi connectivity index (χ4v) is 4.43. The molecule has 0 amide bonds. The number of thiocarbonyl (C=S) groups is 1. The predicted octanol–water partition coefficient (Wildman–Crippen LogP) is 4.33. The first-order chi connectivity index (χ1) is 11.1. The van der Waals surface area contributed by atoms with Gasteiger partial charge in [0.1, 0.15) is 0 Å². The molecule has 1 saturated heterocycles. The van der Waals surface area contributed by atoms with Gasteiger partial charge in [0.25, 0.3) is 0 Å². The number of nitrogens with zero attached hydrogens (tertiary/aromatic N) is 2. The SMILES string of the molecule is Cc1ccc(NC(=S)N2CCN(Cc3ccc(Br)s3)CC2)cc1. The van der Waals surface area contributed by atoms with Crippen molar-refractivity contribution in [2.24, 2.45) is 0 Å². The van der Waals surface area contributed by atoms with Crippen LogP contribution in [0.4, 0.5) is 5.69 Å². The molecule has 0 bridgehead atoms. The first-order valence-electron chi connectivity index (χ1n) is 7.69. The lowest BCUT2D eigenvalue weighted by Gasteiger charge is -2.36. The van der Waals surface area contributed by atoms with E-state index in [-0.39, 0.29) is 0 Å². The van der Waals surface area contributed by atoms with Gasteiger partial charge in [-0.3, -0.25) is 4.90 Å². The summed E-state index contributed by atoms with van der Waals surface area (Å²) in [5.41, 5.74) is 2.32. The van der Waals surface area contributed by atoms with Gasteiger partial charge < -0.3 is 10.2 Å². The third-order valence-corrected chi connectivity index (χ3v) is 5.94. The number of halogens is 1. The van der Waals surface area contributed by atoms with E-state index in [2.05, 4.69) is 74.4 Å². The van der Waals surface area contributed by atoms with Crippen molar-refractivity contribution >= 4 is 50.3 Å². The lowest BCUT2D eigenvalue weighted by Crippen LogP contribution is -2.49. The largest absolute Gasteiger partial charge is 0.346 e. The number of benzene rings is 1. The summed E-state index contributed by atoms with van der Waals surface area (Å²) in [7, 11) is 0. The third kappa shape index (κ3) is 4.76. The molecule has 0 atom stereocenters. The molecule has 0 spiro atoms. The standard InChI is InChI=1S/C17H20BrN3S2/c1-13-2-4-14(5-3-13)19-17(22)21-10-8-20(9-11-21)12-15-6-7-16(18)23-15/h2-7H,8-12H2,1H3,(H,19,22). The number of aryl methyl sites for hydroxylation is 1. The lowest BCUT2D eigenvalue weighted by atomic mass is 10.2. The molecule has 0 aliphatic carbocycles. The normalized spacial score (nSPS) is 15.7. The Bertz CT molecular complexity index is 661. The molecule has 2 aromatic rings. The summed E-state index contributed by atoms with van der Waals surface area (Å²) >= 11 is 10.9. The van der Waals surface area contributed by atoms with Crippen molar-refractivity contribution in [3.63, 3.8) is 0 Å². The minimum atomic E-state index is 0.826. The van der Waals surface area contributed by atoms with Crippen LogP contribution in [0.5, 0.6) is 0 Å². The van der Waals surface area contributed by atoms with E-state index >= 15 is 0 Å². The van der Waals surface area contributed by atoms with Gasteiger partial charge in [-0.15, -0.1) is 11.3 Å². The minimum Gasteiger partial charge on any atom is -0.346 e. The minimum absolute atomic E-state index is 0.826. The van der Waals surface area contributed by atoms with Crippen molar-refractivity contribution in [2.45, 2.75) is 13.5 Å². The monoisotopic (exact) mass is 409 g/mol. The quantitative estimate of drug-likeness (QED) is 0.759. The van der Waals surface area contributed by atoms with Gasteiger partial charge in [0.15, 0.2) is 5.11 Å². The van der Waals surface area contributed by atoms with Crippen LogP contribution in [0.25, 0.3) is 0 Å². The summed E-state index contributed by atoms with van der Waals surface area (Å²) in [4.78, 5) is 6.16. The van der Waals surface area contributed by atoms with Crippen molar-refractivity contribution in [2.75, 3.05) is 31.5 Å². The van der Waals surface area contributed by atoms with E-state index < -0.39 is 0 Å². The molecule has 1 fully saturated rings. The van der Waals surface area contributed by atoms with Crippen LogP contribution < -0.4 is 5.32 Å². The van der Waals surface area contributed by atoms with Gasteiger partial charge >= 0.3 is 0 Å². The molecular weight excluding hydrogens is 390 g/mol. The summed E-state index contributed by atoms with van der Waals surface area (Å²) in [5, 5.41) is 4.17. The Morgan fingerprint density at radius 2 is 1.83 bits per heavy atom. The predicted molar refractivity (Wildman–Crippen MR) is 106 cm³/mol. The maximum Gasteiger partial charge on any atom is 0.173 e. The topological polar surface area (TPSA) is 18.5 Å². The summed E-state index contributed by atoms with van der Waals surface area (Å²) < 4.78 is 1.20. The average Bonchev–Trinajstić information content (AvgIpc) is 2.95. The number of piperazine rings is 1. The maximum absolute atomic E-state index is 5.55. The van der Waals surface area contributed by atoms with E-state index in [0.717, 1.165) is 43.5 Å². The highest BCUT2D eigenvalue weighted by molar-refractivity contribution is 9.11. The molecule has 3 nitrogen and oxygen atoms in total. The smallest absolute Gasteiger partial charge is 0.173 e. The van der Waals surface area contributed by atoms with Crippen LogP contribution in [-0.2, 0) is 6.54 Å². The lowest BCUT2D eigenvalue weighted by molar-refractivity contribution is 0.178. The molecule has 0 radical (unpaired) electrons. The van der Waals surface area contributed by atoms with Crippen LogP contribution in [0, 0.1) is 6.92 Å². The fourth-order valence-electron chi connectivity index (χ4n) is 2.61. The van der Waals surface area contributed by atoms with Crippen LogP contribution in [-0.4, -0.2) is 41.1 Å². The van der Waals surface area contributed by atoms with Gasteiger partial charge in [0.2, 0.25) is 0 Å². The number of nitrogens with one attached hydrogen (secondary N) is 1. The molecule has 3 rings (SSSR count). The van der Waals surface area contributed by atoms with Crippen molar-refractivity contribution in [3.8, 4) is 0 Å². The van der Waals surface area contributed by atoms with Gasteiger partial charge in [-0.05, 0) is 59.3 Å². The first-order valence-corrected chi connectivity index (χ1v) is 9.71. The Labute approximate surface area is 155 Å². The van der Waals surface area contributed by atoms with Crippen molar-refractivity contribution < 1.29 is 0 Å². The highest BCUT2D eigenvalue weighted by Crippen LogP contribution is 2.23. The zero-order valence-electron chi connectivity index (χ0n) is 13.1. The Kier molecular flexibility index (Phi) is 5.69. The molecule has 1 aliphatic heterocycles. The summed E-state index contributed by atoms with van der Waals surface area (Å²) in [6.45, 7) is 7.17. The van der Waals surface area contributed by atoms with Crippen LogP contribution in [0.3, 0.4) is 0 Å². The van der Waals surface area contributed by atoms with E-state index in [4.69, 9.17) is 12.2 Å². The Balaban J connectivity index is 1.48. The molecule has 2 heterocycles. The molecule has 0 saturated carbocycles.